The molecule has 5 rings (SSSR count). The van der Waals surface area contributed by atoms with E-state index in [2.05, 4.69) is 10.8 Å². The number of amides is 1. The lowest BCUT2D eigenvalue weighted by molar-refractivity contribution is -0.136. The minimum Gasteiger partial charge on any atom is -0.492 e. The summed E-state index contributed by atoms with van der Waals surface area (Å²) < 4.78 is 48.3. The molecule has 2 fully saturated rings. The highest BCUT2D eigenvalue weighted by Gasteiger charge is 2.57. The molecule has 0 spiro atoms. The average molecular weight is 459 g/mol. The van der Waals surface area contributed by atoms with E-state index in [4.69, 9.17) is 4.74 Å². The summed E-state index contributed by atoms with van der Waals surface area (Å²) in [5.74, 6) is 0.658. The number of alkyl halides is 1. The van der Waals surface area contributed by atoms with Crippen LogP contribution in [0.15, 0.2) is 48.5 Å². The number of piperidine rings is 1. The number of hydrogen-bond donors (Lipinski definition) is 1. The van der Waals surface area contributed by atoms with Gasteiger partial charge in [-0.05, 0) is 36.5 Å². The summed E-state index contributed by atoms with van der Waals surface area (Å²) in [6, 6.07) is 14.9. The first-order chi connectivity index (χ1) is 15.4. The lowest BCUT2D eigenvalue weighted by Crippen LogP contribution is -2.59. The van der Waals surface area contributed by atoms with Crippen molar-refractivity contribution in [2.45, 2.75) is 55.6 Å². The third-order valence-electron chi connectivity index (χ3n) is 6.67. The minimum atomic E-state index is -4.09. The first kappa shape index (κ1) is 21.4. The number of halogens is 1. The van der Waals surface area contributed by atoms with Crippen LogP contribution in [0, 0.1) is 0 Å². The molecule has 3 aliphatic rings. The molecule has 8 heteroatoms. The number of fused-ring (bicyclic) bond motifs is 5. The lowest BCUT2D eigenvalue weighted by Gasteiger charge is -2.42. The van der Waals surface area contributed by atoms with Gasteiger partial charge < -0.3 is 9.64 Å². The van der Waals surface area contributed by atoms with E-state index in [0.29, 0.717) is 25.8 Å². The summed E-state index contributed by atoms with van der Waals surface area (Å²) in [7, 11) is -4.09. The Kier molecular flexibility index (Phi) is 5.45. The molecule has 1 aliphatic carbocycles. The molecule has 1 amide bonds. The van der Waals surface area contributed by atoms with Crippen LogP contribution in [0.1, 0.15) is 37.7 Å². The van der Waals surface area contributed by atoms with Crippen molar-refractivity contribution in [3.05, 3.63) is 54.1 Å². The predicted molar refractivity (Wildman–Crippen MR) is 119 cm³/mol. The monoisotopic (exact) mass is 458 g/mol. The number of nitrogens with zero attached hydrogens (tertiary/aromatic N) is 1. The predicted octanol–water partition coefficient (Wildman–Crippen LogP) is 3.42. The molecule has 2 aromatic rings. The van der Waals surface area contributed by atoms with Crippen LogP contribution in [0.3, 0.4) is 0 Å². The molecule has 2 atom stereocenters. The topological polar surface area (TPSA) is 75.7 Å². The third kappa shape index (κ3) is 4.01. The smallest absolute Gasteiger partial charge is 0.247 e. The van der Waals surface area contributed by atoms with Crippen molar-refractivity contribution < 1.29 is 22.3 Å². The highest BCUT2D eigenvalue weighted by atomic mass is 32.2. The van der Waals surface area contributed by atoms with Crippen molar-refractivity contribution in [1.82, 2.24) is 9.62 Å². The van der Waals surface area contributed by atoms with E-state index in [1.165, 1.54) is 0 Å². The van der Waals surface area contributed by atoms with Gasteiger partial charge in [-0.2, -0.15) is 0 Å². The molecule has 2 heterocycles. The van der Waals surface area contributed by atoms with Gasteiger partial charge in [0.1, 0.15) is 5.75 Å². The second-order valence-electron chi connectivity index (χ2n) is 8.91. The first-order valence-electron chi connectivity index (χ1n) is 11.2. The molecule has 2 aromatic carbocycles. The quantitative estimate of drug-likeness (QED) is 0.765. The Balaban J connectivity index is 1.51. The number of hydrogen-bond acceptors (Lipinski definition) is 4. The molecular weight excluding hydrogens is 431 g/mol. The van der Waals surface area contributed by atoms with Crippen molar-refractivity contribution in [3.8, 4) is 16.9 Å². The number of ether oxygens (including phenoxy) is 1. The second-order valence-corrected chi connectivity index (χ2v) is 10.9. The summed E-state index contributed by atoms with van der Waals surface area (Å²) >= 11 is 0. The molecule has 0 radical (unpaired) electrons. The van der Waals surface area contributed by atoms with Crippen LogP contribution in [0.5, 0.6) is 5.75 Å². The van der Waals surface area contributed by atoms with E-state index in [9.17, 15) is 17.6 Å². The molecule has 2 bridgehead atoms. The van der Waals surface area contributed by atoms with Crippen LogP contribution >= 0.6 is 0 Å². The van der Waals surface area contributed by atoms with Gasteiger partial charge in [-0.1, -0.05) is 42.5 Å². The number of carbonyl (C=O) groups excluding carboxylic acids is 1. The van der Waals surface area contributed by atoms with Crippen LogP contribution < -0.4 is 9.46 Å². The maximum absolute atomic E-state index is 14.5. The summed E-state index contributed by atoms with van der Waals surface area (Å²) in [6.45, 7) is 0.793. The molecule has 6 nitrogen and oxygen atoms in total. The minimum absolute atomic E-state index is 0.0289. The standard InChI is InChI=1S/C24H27FN2O4S/c25-24(11-12-24)32(29,30)26-20-8-4-13-27-21(20)16-17-5-3-6-18(15-17)19-7-1-2-9-22(19)31-14-10-23(27)28/h1-3,5-7,9,15,20-21,26H,4,8,10-14,16H2/t20-,21-/m0/s1. The molecule has 0 unspecified atom stereocenters. The number of sulfonamides is 1. The van der Waals surface area contributed by atoms with Crippen LogP contribution in [0.2, 0.25) is 0 Å². The molecule has 1 N–H and O–H groups in total. The highest BCUT2D eigenvalue weighted by molar-refractivity contribution is 7.91. The zero-order valence-electron chi connectivity index (χ0n) is 17.8. The van der Waals surface area contributed by atoms with Gasteiger partial charge in [0.25, 0.3) is 0 Å². The fraction of sp³-hybridized carbons (Fsp3) is 0.458. The molecular formula is C24H27FN2O4S. The third-order valence-corrected chi connectivity index (χ3v) is 8.66. The number of benzene rings is 2. The van der Waals surface area contributed by atoms with Gasteiger partial charge in [0.05, 0.1) is 19.1 Å². The first-order valence-corrected chi connectivity index (χ1v) is 12.7. The Morgan fingerprint density at radius 1 is 1.12 bits per heavy atom. The van der Waals surface area contributed by atoms with Gasteiger partial charge >= 0.3 is 0 Å². The van der Waals surface area contributed by atoms with Crippen molar-refractivity contribution in [3.63, 3.8) is 0 Å². The Bertz CT molecular complexity index is 1130. The van der Waals surface area contributed by atoms with Crippen molar-refractivity contribution in [2.75, 3.05) is 13.2 Å². The largest absolute Gasteiger partial charge is 0.492 e. The summed E-state index contributed by atoms with van der Waals surface area (Å²) in [5.41, 5.74) is 2.95. The van der Waals surface area contributed by atoms with Gasteiger partial charge in [-0.3, -0.25) is 4.79 Å². The van der Waals surface area contributed by atoms with E-state index in [0.717, 1.165) is 22.4 Å². The molecule has 2 aliphatic heterocycles. The highest BCUT2D eigenvalue weighted by Crippen LogP contribution is 2.44. The lowest BCUT2D eigenvalue weighted by atomic mass is 9.90. The number of nitrogens with one attached hydrogen (secondary N) is 1. The van der Waals surface area contributed by atoms with Crippen LogP contribution in [-0.2, 0) is 21.2 Å². The SMILES string of the molecule is O=C1CCOc2ccccc2-c2cccc(c2)C[C@H]2[C@@H](NS(=O)(=O)C3(F)CC3)CCCN12. The molecule has 32 heavy (non-hydrogen) atoms. The van der Waals surface area contributed by atoms with Crippen molar-refractivity contribution >= 4 is 15.9 Å². The summed E-state index contributed by atoms with van der Waals surface area (Å²) in [6.07, 6.45) is 1.99. The second kappa shape index (κ2) is 8.15. The van der Waals surface area contributed by atoms with Gasteiger partial charge in [-0.15, -0.1) is 0 Å². The van der Waals surface area contributed by atoms with E-state index < -0.39 is 21.1 Å². The van der Waals surface area contributed by atoms with Gasteiger partial charge in [0.15, 0.2) is 0 Å². The molecule has 1 saturated heterocycles. The fourth-order valence-electron chi connectivity index (χ4n) is 4.76. The molecule has 170 valence electrons. The Morgan fingerprint density at radius 2 is 1.94 bits per heavy atom. The van der Waals surface area contributed by atoms with E-state index in [-0.39, 0.29) is 37.8 Å². The van der Waals surface area contributed by atoms with Gasteiger partial charge in [0, 0.05) is 31.0 Å². The van der Waals surface area contributed by atoms with E-state index in [1.807, 2.05) is 42.5 Å². The fourth-order valence-corrected chi connectivity index (χ4v) is 6.28. The zero-order chi connectivity index (χ0) is 22.3. The van der Waals surface area contributed by atoms with Crippen molar-refractivity contribution in [2.24, 2.45) is 0 Å². The number of carbonyl (C=O) groups is 1. The van der Waals surface area contributed by atoms with Crippen LogP contribution in [0.4, 0.5) is 4.39 Å². The normalized spacial score (nSPS) is 24.9. The number of para-hydroxylation sites is 1. The van der Waals surface area contributed by atoms with Crippen molar-refractivity contribution in [1.29, 1.82) is 0 Å². The Morgan fingerprint density at radius 3 is 2.75 bits per heavy atom. The van der Waals surface area contributed by atoms with Crippen LogP contribution in [-0.4, -0.2) is 49.5 Å². The summed E-state index contributed by atoms with van der Waals surface area (Å²) in [4.78, 5) is 14.9. The number of rotatable bonds is 3. The Hall–Kier alpha value is -2.45. The Labute approximate surface area is 187 Å². The average Bonchev–Trinajstić information content (AvgIpc) is 3.54. The van der Waals surface area contributed by atoms with Gasteiger partial charge in [-0.25, -0.2) is 17.5 Å². The van der Waals surface area contributed by atoms with E-state index >= 15 is 0 Å². The maximum atomic E-state index is 14.5. The summed E-state index contributed by atoms with van der Waals surface area (Å²) in [5, 5.41) is -2.16. The van der Waals surface area contributed by atoms with Crippen LogP contribution in [0.25, 0.3) is 11.1 Å². The molecule has 1 saturated carbocycles. The zero-order valence-corrected chi connectivity index (χ0v) is 18.6. The van der Waals surface area contributed by atoms with E-state index in [1.54, 1.807) is 4.90 Å². The van der Waals surface area contributed by atoms with Gasteiger partial charge in [0.2, 0.25) is 20.9 Å². The maximum Gasteiger partial charge on any atom is 0.247 e. The molecule has 0 aromatic heterocycles.